The minimum Gasteiger partial charge on any atom is -0.379 e. The van der Waals surface area contributed by atoms with Gasteiger partial charge in [-0.1, -0.05) is 6.07 Å². The number of halogens is 3. The van der Waals surface area contributed by atoms with Gasteiger partial charge in [-0.25, -0.2) is 13.5 Å². The Hall–Kier alpha value is -2.53. The molecule has 162 valence electrons. The number of amides is 2. The second kappa shape index (κ2) is 7.31. The molecule has 3 N–H and O–H groups in total. The van der Waals surface area contributed by atoms with E-state index < -0.39 is 34.1 Å². The van der Waals surface area contributed by atoms with Crippen molar-refractivity contribution in [2.24, 2.45) is 0 Å². The molecule has 2 amide bonds. The van der Waals surface area contributed by atoms with Crippen LogP contribution in [-0.2, 0) is 35.9 Å². The molecule has 0 aliphatic heterocycles. The Labute approximate surface area is 171 Å². The number of alkyl halides is 3. The number of fused-ring (bicyclic) bond motifs is 2. The third-order valence-electron chi connectivity index (χ3n) is 5.53. The van der Waals surface area contributed by atoms with E-state index in [0.717, 1.165) is 73.0 Å². The van der Waals surface area contributed by atoms with Crippen LogP contribution in [0.3, 0.4) is 0 Å². The van der Waals surface area contributed by atoms with E-state index in [4.69, 9.17) is 0 Å². The lowest BCUT2D eigenvalue weighted by Crippen LogP contribution is -2.38. The molecule has 2 aliphatic carbocycles. The van der Waals surface area contributed by atoms with E-state index in [2.05, 4.69) is 11.4 Å². The molecule has 0 saturated carbocycles. The molecule has 2 aliphatic rings. The lowest BCUT2D eigenvalue weighted by molar-refractivity contribution is -0.206. The van der Waals surface area contributed by atoms with E-state index in [9.17, 15) is 31.5 Å². The van der Waals surface area contributed by atoms with Crippen LogP contribution < -0.4 is 10.0 Å². The minimum absolute atomic E-state index is 0.427. The molecule has 4 rings (SSSR count). The second-order valence-electron chi connectivity index (χ2n) is 7.51. The van der Waals surface area contributed by atoms with Crippen LogP contribution >= 0.6 is 0 Å². The molecule has 1 aromatic heterocycles. The fourth-order valence-electron chi connectivity index (χ4n) is 4.17. The number of aliphatic hydroxyl groups is 1. The summed E-state index contributed by atoms with van der Waals surface area (Å²) in [6.07, 6.45) is -0.991. The van der Waals surface area contributed by atoms with Gasteiger partial charge in [-0.15, -0.1) is 0 Å². The molecule has 1 heterocycles. The molecule has 7 nitrogen and oxygen atoms in total. The maximum atomic E-state index is 12.6. The quantitative estimate of drug-likeness (QED) is 0.676. The number of aryl methyl sites for hydroxylation is 2. The summed E-state index contributed by atoms with van der Waals surface area (Å²) < 4.78 is 64.9. The van der Waals surface area contributed by atoms with Crippen molar-refractivity contribution in [3.8, 4) is 0 Å². The number of benzene rings is 1. The molecular weight excluding hydrogens is 423 g/mol. The number of urea groups is 1. The molecule has 0 radical (unpaired) electrons. The van der Waals surface area contributed by atoms with Crippen LogP contribution in [-0.4, -0.2) is 29.7 Å². The Bertz CT molecular complexity index is 1080. The van der Waals surface area contributed by atoms with Crippen molar-refractivity contribution in [3.63, 3.8) is 0 Å². The van der Waals surface area contributed by atoms with Crippen molar-refractivity contribution in [1.82, 2.24) is 8.69 Å². The summed E-state index contributed by atoms with van der Waals surface area (Å²) in [5, 5.41) is 11.9. The number of hydrogen-bond acceptors (Lipinski definition) is 4. The molecule has 0 bridgehead atoms. The lowest BCUT2D eigenvalue weighted by Gasteiger charge is -2.17. The number of carbonyl (C=O) groups is 1. The topological polar surface area (TPSA) is 100 Å². The van der Waals surface area contributed by atoms with Gasteiger partial charge in [0.15, 0.2) is 6.10 Å². The highest BCUT2D eigenvalue weighted by Gasteiger charge is 2.40. The molecule has 30 heavy (non-hydrogen) atoms. The molecule has 1 atom stereocenters. The number of nitrogens with one attached hydrogen (secondary N) is 2. The number of aliphatic hydroxyl groups excluding tert-OH is 1. The molecule has 0 fully saturated rings. The number of hydrogen-bond donors (Lipinski definition) is 3. The Morgan fingerprint density at radius 3 is 2.27 bits per heavy atom. The van der Waals surface area contributed by atoms with Crippen molar-refractivity contribution in [3.05, 3.63) is 52.3 Å². The Kier molecular flexibility index (Phi) is 5.05. The van der Waals surface area contributed by atoms with Crippen LogP contribution in [0.4, 0.5) is 23.7 Å². The largest absolute Gasteiger partial charge is 0.418 e. The summed E-state index contributed by atoms with van der Waals surface area (Å²) in [4.78, 5) is 12.5. The van der Waals surface area contributed by atoms with Crippen LogP contribution in [0.25, 0.3) is 0 Å². The fourth-order valence-corrected chi connectivity index (χ4v) is 5.04. The van der Waals surface area contributed by atoms with Crippen molar-refractivity contribution in [2.45, 2.75) is 50.8 Å². The van der Waals surface area contributed by atoms with Crippen LogP contribution in [0.5, 0.6) is 0 Å². The summed E-state index contributed by atoms with van der Waals surface area (Å²) in [5.41, 5.74) is 4.34. The third-order valence-corrected chi connectivity index (χ3v) is 6.75. The number of nitrogens with zero attached hydrogens (tertiary/aromatic N) is 1. The van der Waals surface area contributed by atoms with Crippen LogP contribution in [0.2, 0.25) is 0 Å². The lowest BCUT2D eigenvalue weighted by atomic mass is 9.99. The first-order valence-corrected chi connectivity index (χ1v) is 10.9. The van der Waals surface area contributed by atoms with Gasteiger partial charge in [0, 0.05) is 23.6 Å². The summed E-state index contributed by atoms with van der Waals surface area (Å²) >= 11 is 0. The van der Waals surface area contributed by atoms with Gasteiger partial charge in [0.05, 0.1) is 0 Å². The maximum absolute atomic E-state index is 12.6. The number of anilines is 1. The van der Waals surface area contributed by atoms with E-state index in [1.165, 1.54) is 0 Å². The van der Waals surface area contributed by atoms with E-state index in [0.29, 0.717) is 15.9 Å². The monoisotopic (exact) mass is 443 g/mol. The van der Waals surface area contributed by atoms with Crippen LogP contribution in [0.15, 0.2) is 24.5 Å². The smallest absolute Gasteiger partial charge is 0.379 e. The second-order valence-corrected chi connectivity index (χ2v) is 9.09. The van der Waals surface area contributed by atoms with Gasteiger partial charge in [0.25, 0.3) is 0 Å². The first-order chi connectivity index (χ1) is 14.1. The summed E-state index contributed by atoms with van der Waals surface area (Å²) in [6, 6.07) is 2.00. The van der Waals surface area contributed by atoms with E-state index in [1.807, 2.05) is 4.72 Å². The van der Waals surface area contributed by atoms with Crippen LogP contribution in [0.1, 0.15) is 46.8 Å². The highest BCUT2D eigenvalue weighted by Crippen LogP contribution is 2.38. The average molecular weight is 443 g/mol. The highest BCUT2D eigenvalue weighted by molar-refractivity contribution is 7.88. The summed E-state index contributed by atoms with van der Waals surface area (Å²) in [5.74, 6) is 0. The SMILES string of the molecule is O=C(Nc1c2c(cc3c1CCC3)CCC2)NS(=O)(=O)n1ccc(C(O)C(F)(F)F)c1. The van der Waals surface area contributed by atoms with E-state index >= 15 is 0 Å². The van der Waals surface area contributed by atoms with Crippen LogP contribution in [0, 0.1) is 0 Å². The minimum atomic E-state index is -4.94. The summed E-state index contributed by atoms with van der Waals surface area (Å²) in [7, 11) is -4.49. The summed E-state index contributed by atoms with van der Waals surface area (Å²) in [6.45, 7) is 0. The molecule has 1 aromatic carbocycles. The Balaban J connectivity index is 1.54. The molecule has 11 heteroatoms. The van der Waals surface area contributed by atoms with E-state index in [1.54, 1.807) is 0 Å². The zero-order chi connectivity index (χ0) is 21.7. The van der Waals surface area contributed by atoms with Gasteiger partial charge < -0.3 is 10.4 Å². The zero-order valence-corrected chi connectivity index (χ0v) is 16.6. The number of rotatable bonds is 4. The van der Waals surface area contributed by atoms with Crippen molar-refractivity contribution in [1.29, 1.82) is 0 Å². The third kappa shape index (κ3) is 3.79. The fraction of sp³-hybridized carbons (Fsp3) is 0.421. The van der Waals surface area contributed by atoms with Crippen molar-refractivity contribution < 1.29 is 31.5 Å². The van der Waals surface area contributed by atoms with Gasteiger partial charge in [0.2, 0.25) is 0 Å². The highest BCUT2D eigenvalue weighted by atomic mass is 32.2. The first-order valence-electron chi connectivity index (χ1n) is 9.50. The molecule has 1 unspecified atom stereocenters. The van der Waals surface area contributed by atoms with Gasteiger partial charge >= 0.3 is 22.4 Å². The van der Waals surface area contributed by atoms with E-state index in [-0.39, 0.29) is 0 Å². The standard InChI is InChI=1S/C19H20F3N3O4S/c20-19(21,22)17(26)13-7-8-25(10-13)30(28,29)24-18(27)23-16-14-5-1-3-11(14)9-12-4-2-6-15(12)16/h7-10,17,26H,1-6H2,(H2,23,24,27). The zero-order valence-electron chi connectivity index (χ0n) is 15.8. The number of aromatic nitrogens is 1. The normalized spacial score (nSPS) is 16.8. The first kappa shape index (κ1) is 20.7. The Morgan fingerprint density at radius 1 is 1.10 bits per heavy atom. The molecule has 0 spiro atoms. The van der Waals surface area contributed by atoms with Gasteiger partial charge in [-0.2, -0.15) is 21.6 Å². The average Bonchev–Trinajstić information content (AvgIpc) is 3.39. The molecular formula is C19H20F3N3O4S. The number of carbonyl (C=O) groups excluding carboxylic acids is 1. The molecule has 2 aromatic rings. The van der Waals surface area contributed by atoms with Gasteiger partial charge in [-0.3, -0.25) is 0 Å². The van der Waals surface area contributed by atoms with Gasteiger partial charge in [-0.05, 0) is 66.8 Å². The van der Waals surface area contributed by atoms with Crippen molar-refractivity contribution in [2.75, 3.05) is 5.32 Å². The van der Waals surface area contributed by atoms with Crippen molar-refractivity contribution >= 4 is 21.9 Å². The maximum Gasteiger partial charge on any atom is 0.418 e. The predicted molar refractivity (Wildman–Crippen MR) is 102 cm³/mol. The Morgan fingerprint density at radius 2 is 1.70 bits per heavy atom. The molecule has 0 saturated heterocycles. The van der Waals surface area contributed by atoms with Gasteiger partial charge in [0.1, 0.15) is 0 Å². The predicted octanol–water partition coefficient (Wildman–Crippen LogP) is 2.98.